The number of nitrogens with one attached hydrogen (secondary N) is 1. The maximum absolute atomic E-state index is 9.33. The van der Waals surface area contributed by atoms with E-state index in [0.717, 1.165) is 55.4 Å². The van der Waals surface area contributed by atoms with Crippen LogP contribution in [0.15, 0.2) is 73.3 Å². The Balaban J connectivity index is 1.18. The van der Waals surface area contributed by atoms with Gasteiger partial charge in [-0.3, -0.25) is 0 Å². The number of nitrogens with zero attached hydrogens (tertiary/aromatic N) is 7. The summed E-state index contributed by atoms with van der Waals surface area (Å²) in [4.78, 5) is 26.7. The van der Waals surface area contributed by atoms with Gasteiger partial charge in [0.05, 0.1) is 6.61 Å². The number of piperazine rings is 1. The normalized spacial score (nSPS) is 13.7. The summed E-state index contributed by atoms with van der Waals surface area (Å²) in [5, 5.41) is 12.5. The molecule has 0 aliphatic carbocycles. The highest BCUT2D eigenvalue weighted by atomic mass is 16.3. The van der Waals surface area contributed by atoms with E-state index in [-0.39, 0.29) is 6.61 Å². The summed E-state index contributed by atoms with van der Waals surface area (Å²) in [6.07, 6.45) is 6.17. The van der Waals surface area contributed by atoms with Crippen molar-refractivity contribution in [3.63, 3.8) is 0 Å². The zero-order chi connectivity index (χ0) is 23.2. The van der Waals surface area contributed by atoms with Crippen LogP contribution >= 0.6 is 0 Å². The van der Waals surface area contributed by atoms with Crippen LogP contribution in [0.2, 0.25) is 0 Å². The van der Waals surface area contributed by atoms with Gasteiger partial charge < -0.3 is 20.2 Å². The van der Waals surface area contributed by atoms with Gasteiger partial charge in [-0.05, 0) is 28.8 Å². The van der Waals surface area contributed by atoms with Crippen molar-refractivity contribution < 1.29 is 5.11 Å². The molecule has 2 aromatic carbocycles. The van der Waals surface area contributed by atoms with Crippen LogP contribution in [0.3, 0.4) is 0 Å². The van der Waals surface area contributed by atoms with Crippen molar-refractivity contribution in [2.24, 2.45) is 0 Å². The minimum absolute atomic E-state index is 0.0122. The molecule has 9 nitrogen and oxygen atoms in total. The highest BCUT2D eigenvalue weighted by Gasteiger charge is 2.21. The lowest BCUT2D eigenvalue weighted by Gasteiger charge is -2.34. The average molecular weight is 455 g/mol. The molecule has 0 unspecified atom stereocenters. The second-order valence-corrected chi connectivity index (χ2v) is 8.12. The second-order valence-electron chi connectivity index (χ2n) is 8.12. The molecule has 1 saturated heterocycles. The number of aliphatic hydroxyl groups is 1. The highest BCUT2D eigenvalue weighted by Crippen LogP contribution is 2.19. The summed E-state index contributed by atoms with van der Waals surface area (Å²) in [6, 6.07) is 17.9. The minimum Gasteiger partial charge on any atom is -0.392 e. The molecule has 1 aliphatic rings. The molecule has 2 aromatic heterocycles. The SMILES string of the molecule is OCc1cccc(Nc2ncnc(N3CCN(c4ncc(Cc5ccccc5)cn4)CC3)n2)c1. The molecule has 0 atom stereocenters. The van der Waals surface area contributed by atoms with E-state index in [9.17, 15) is 5.11 Å². The first kappa shape index (κ1) is 21.7. The Morgan fingerprint density at radius 3 is 2.18 bits per heavy atom. The Bertz CT molecular complexity index is 1210. The third kappa shape index (κ3) is 5.26. The largest absolute Gasteiger partial charge is 0.392 e. The Morgan fingerprint density at radius 2 is 1.44 bits per heavy atom. The van der Waals surface area contributed by atoms with Crippen molar-refractivity contribution in [1.29, 1.82) is 0 Å². The van der Waals surface area contributed by atoms with Crippen LogP contribution in [0.5, 0.6) is 0 Å². The van der Waals surface area contributed by atoms with Gasteiger partial charge in [0.2, 0.25) is 17.8 Å². The summed E-state index contributed by atoms with van der Waals surface area (Å²) in [7, 11) is 0. The maximum Gasteiger partial charge on any atom is 0.231 e. The Kier molecular flexibility index (Phi) is 6.53. The van der Waals surface area contributed by atoms with E-state index >= 15 is 0 Å². The van der Waals surface area contributed by atoms with E-state index in [2.05, 4.69) is 52.2 Å². The van der Waals surface area contributed by atoms with Gasteiger partial charge in [0.15, 0.2) is 0 Å². The first-order valence-corrected chi connectivity index (χ1v) is 11.3. The third-order valence-electron chi connectivity index (χ3n) is 5.71. The second kappa shape index (κ2) is 10.2. The quantitative estimate of drug-likeness (QED) is 0.436. The molecule has 172 valence electrons. The Hall–Kier alpha value is -4.11. The van der Waals surface area contributed by atoms with Crippen LogP contribution in [-0.4, -0.2) is 56.2 Å². The van der Waals surface area contributed by atoms with Crippen molar-refractivity contribution in [3.05, 3.63) is 90.0 Å². The lowest BCUT2D eigenvalue weighted by Crippen LogP contribution is -2.47. The van der Waals surface area contributed by atoms with E-state index in [1.54, 1.807) is 0 Å². The fourth-order valence-corrected chi connectivity index (χ4v) is 3.92. The van der Waals surface area contributed by atoms with Crippen molar-refractivity contribution >= 4 is 23.5 Å². The van der Waals surface area contributed by atoms with Crippen LogP contribution in [-0.2, 0) is 13.0 Å². The summed E-state index contributed by atoms with van der Waals surface area (Å²) in [5.41, 5.74) is 4.00. The van der Waals surface area contributed by atoms with E-state index in [1.807, 2.05) is 54.9 Å². The summed E-state index contributed by atoms with van der Waals surface area (Å²) in [5.74, 6) is 1.85. The zero-order valence-corrected chi connectivity index (χ0v) is 18.7. The Labute approximate surface area is 198 Å². The fourth-order valence-electron chi connectivity index (χ4n) is 3.92. The van der Waals surface area contributed by atoms with E-state index in [1.165, 1.54) is 11.9 Å². The standard InChI is InChI=1S/C25H26N8O/c34-17-20-7-4-8-22(14-20)30-23-28-18-29-25(31-23)33-11-9-32(10-12-33)24-26-15-21(16-27-24)13-19-5-2-1-3-6-19/h1-8,14-16,18,34H,9-13,17H2,(H,28,29,30,31). The molecule has 3 heterocycles. The molecule has 0 saturated carbocycles. The van der Waals surface area contributed by atoms with Gasteiger partial charge in [-0.25, -0.2) is 19.9 Å². The van der Waals surface area contributed by atoms with Crippen molar-refractivity contribution in [2.45, 2.75) is 13.0 Å². The van der Waals surface area contributed by atoms with Crippen LogP contribution in [0.1, 0.15) is 16.7 Å². The lowest BCUT2D eigenvalue weighted by molar-refractivity contribution is 0.282. The molecule has 0 bridgehead atoms. The number of aromatic nitrogens is 5. The van der Waals surface area contributed by atoms with Gasteiger partial charge in [-0.2, -0.15) is 4.98 Å². The van der Waals surface area contributed by atoms with Crippen LogP contribution in [0.4, 0.5) is 23.5 Å². The molecule has 2 N–H and O–H groups in total. The Morgan fingerprint density at radius 1 is 0.735 bits per heavy atom. The molecule has 9 heteroatoms. The van der Waals surface area contributed by atoms with Crippen molar-refractivity contribution in [1.82, 2.24) is 24.9 Å². The van der Waals surface area contributed by atoms with Crippen molar-refractivity contribution in [2.75, 3.05) is 41.3 Å². The van der Waals surface area contributed by atoms with Gasteiger partial charge in [0.25, 0.3) is 0 Å². The van der Waals surface area contributed by atoms with Gasteiger partial charge in [-0.15, -0.1) is 0 Å². The van der Waals surface area contributed by atoms with E-state index in [0.29, 0.717) is 11.9 Å². The lowest BCUT2D eigenvalue weighted by atomic mass is 10.1. The summed E-state index contributed by atoms with van der Waals surface area (Å²) >= 11 is 0. The van der Waals surface area contributed by atoms with Gasteiger partial charge >= 0.3 is 0 Å². The first-order chi connectivity index (χ1) is 16.8. The fraction of sp³-hybridized carbons (Fsp3) is 0.240. The maximum atomic E-state index is 9.33. The smallest absolute Gasteiger partial charge is 0.231 e. The van der Waals surface area contributed by atoms with Crippen molar-refractivity contribution in [3.8, 4) is 0 Å². The topological polar surface area (TPSA) is 103 Å². The molecule has 0 radical (unpaired) electrons. The minimum atomic E-state index is -0.0122. The molecule has 1 aliphatic heterocycles. The molecule has 34 heavy (non-hydrogen) atoms. The zero-order valence-electron chi connectivity index (χ0n) is 18.7. The van der Waals surface area contributed by atoms with E-state index < -0.39 is 0 Å². The van der Waals surface area contributed by atoms with Crippen LogP contribution < -0.4 is 15.1 Å². The summed E-state index contributed by atoms with van der Waals surface area (Å²) in [6.45, 7) is 3.08. The monoisotopic (exact) mass is 454 g/mol. The molecular weight excluding hydrogens is 428 g/mol. The number of benzene rings is 2. The number of hydrogen-bond acceptors (Lipinski definition) is 9. The number of aliphatic hydroxyl groups excluding tert-OH is 1. The predicted molar refractivity (Wildman–Crippen MR) is 131 cm³/mol. The number of anilines is 4. The van der Waals surface area contributed by atoms with Gasteiger partial charge in [-0.1, -0.05) is 42.5 Å². The molecule has 1 fully saturated rings. The predicted octanol–water partition coefficient (Wildman–Crippen LogP) is 2.81. The molecule has 5 rings (SSSR count). The number of hydrogen-bond donors (Lipinski definition) is 2. The molecule has 0 amide bonds. The molecule has 0 spiro atoms. The first-order valence-electron chi connectivity index (χ1n) is 11.3. The van der Waals surface area contributed by atoms with Gasteiger partial charge in [0.1, 0.15) is 6.33 Å². The summed E-state index contributed by atoms with van der Waals surface area (Å²) < 4.78 is 0. The molecular formula is C25H26N8O. The number of rotatable bonds is 7. The third-order valence-corrected chi connectivity index (χ3v) is 5.71. The molecule has 4 aromatic rings. The van der Waals surface area contributed by atoms with Crippen LogP contribution in [0.25, 0.3) is 0 Å². The van der Waals surface area contributed by atoms with Crippen LogP contribution in [0, 0.1) is 0 Å². The highest BCUT2D eigenvalue weighted by molar-refractivity contribution is 5.55. The van der Waals surface area contributed by atoms with Gasteiger partial charge in [0, 0.05) is 50.7 Å². The van der Waals surface area contributed by atoms with E-state index in [4.69, 9.17) is 0 Å². The average Bonchev–Trinajstić information content (AvgIpc) is 2.90.